The van der Waals surface area contributed by atoms with E-state index in [1.807, 2.05) is 30.3 Å². The van der Waals surface area contributed by atoms with Gasteiger partial charge in [-0.3, -0.25) is 9.59 Å². The number of nitrogens with one attached hydrogen (secondary N) is 1. The molecule has 7 nitrogen and oxygen atoms in total. The molecule has 7 heteroatoms. The molecule has 1 saturated heterocycles. The minimum Gasteiger partial charge on any atom is -0.480 e. The average molecular weight is 333 g/mol. The van der Waals surface area contributed by atoms with Gasteiger partial charge in [-0.15, -0.1) is 0 Å². The zero-order chi connectivity index (χ0) is 17.7. The van der Waals surface area contributed by atoms with E-state index < -0.39 is 30.0 Å². The highest BCUT2D eigenvalue weighted by molar-refractivity contribution is 5.92. The largest absolute Gasteiger partial charge is 0.480 e. The van der Waals surface area contributed by atoms with E-state index in [4.69, 9.17) is 5.73 Å². The Morgan fingerprint density at radius 1 is 1.33 bits per heavy atom. The van der Waals surface area contributed by atoms with Gasteiger partial charge in [0.05, 0.1) is 6.04 Å². The van der Waals surface area contributed by atoms with Gasteiger partial charge in [0, 0.05) is 13.0 Å². The van der Waals surface area contributed by atoms with Crippen molar-refractivity contribution >= 4 is 17.8 Å². The van der Waals surface area contributed by atoms with Crippen molar-refractivity contribution in [3.63, 3.8) is 0 Å². The Morgan fingerprint density at radius 2 is 2.00 bits per heavy atom. The zero-order valence-corrected chi connectivity index (χ0v) is 13.6. The number of benzene rings is 1. The van der Waals surface area contributed by atoms with Crippen molar-refractivity contribution in [1.82, 2.24) is 10.2 Å². The Bertz CT molecular complexity index is 603. The highest BCUT2D eigenvalue weighted by Crippen LogP contribution is 2.18. The molecule has 2 rings (SSSR count). The average Bonchev–Trinajstić information content (AvgIpc) is 3.03. The third-order valence-electron chi connectivity index (χ3n) is 4.13. The SMILES string of the molecule is C[C@H](N)C(=O)N1CCC[C@H]1C(=O)N[C@@H](Cc1ccccc1)C(=O)O. The number of carboxylic acid groups (broad SMARTS) is 1. The van der Waals surface area contributed by atoms with E-state index in [1.165, 1.54) is 4.90 Å². The lowest BCUT2D eigenvalue weighted by Gasteiger charge is -2.26. The molecule has 1 fully saturated rings. The van der Waals surface area contributed by atoms with Crippen LogP contribution in [0.1, 0.15) is 25.3 Å². The normalized spacial score (nSPS) is 19.6. The lowest BCUT2D eigenvalue weighted by molar-refractivity contribution is -0.144. The quantitative estimate of drug-likeness (QED) is 0.685. The highest BCUT2D eigenvalue weighted by atomic mass is 16.4. The van der Waals surface area contributed by atoms with Crippen LogP contribution in [0.2, 0.25) is 0 Å². The van der Waals surface area contributed by atoms with Crippen LogP contribution in [0.25, 0.3) is 0 Å². The van der Waals surface area contributed by atoms with Gasteiger partial charge >= 0.3 is 5.97 Å². The molecule has 2 amide bonds. The maximum Gasteiger partial charge on any atom is 0.326 e. The molecule has 0 aromatic heterocycles. The first kappa shape index (κ1) is 17.9. The van der Waals surface area contributed by atoms with Crippen molar-refractivity contribution in [1.29, 1.82) is 0 Å². The highest BCUT2D eigenvalue weighted by Gasteiger charge is 2.36. The number of rotatable bonds is 6. The first-order chi connectivity index (χ1) is 11.4. The van der Waals surface area contributed by atoms with E-state index in [0.29, 0.717) is 19.4 Å². The first-order valence-electron chi connectivity index (χ1n) is 8.03. The molecule has 0 saturated carbocycles. The van der Waals surface area contributed by atoms with Crippen molar-refractivity contribution in [2.45, 2.75) is 44.3 Å². The molecule has 24 heavy (non-hydrogen) atoms. The number of nitrogens with zero attached hydrogens (tertiary/aromatic N) is 1. The predicted octanol–water partition coefficient (Wildman–Crippen LogP) is 0.137. The van der Waals surface area contributed by atoms with E-state index in [2.05, 4.69) is 5.32 Å². The van der Waals surface area contributed by atoms with Crippen molar-refractivity contribution in [3.05, 3.63) is 35.9 Å². The van der Waals surface area contributed by atoms with Crippen molar-refractivity contribution < 1.29 is 19.5 Å². The number of amides is 2. The smallest absolute Gasteiger partial charge is 0.326 e. The Kier molecular flexibility index (Phi) is 5.92. The van der Waals surface area contributed by atoms with Gasteiger partial charge in [0.2, 0.25) is 11.8 Å². The van der Waals surface area contributed by atoms with E-state index in [-0.39, 0.29) is 12.3 Å². The van der Waals surface area contributed by atoms with Crippen LogP contribution < -0.4 is 11.1 Å². The molecule has 1 aliphatic rings. The maximum absolute atomic E-state index is 12.5. The van der Waals surface area contributed by atoms with Gasteiger partial charge in [-0.2, -0.15) is 0 Å². The lowest BCUT2D eigenvalue weighted by Crippen LogP contribution is -2.53. The molecular formula is C17H23N3O4. The van der Waals surface area contributed by atoms with Crippen LogP contribution in [0.3, 0.4) is 0 Å². The number of hydrogen-bond acceptors (Lipinski definition) is 4. The third kappa shape index (κ3) is 4.32. The summed E-state index contributed by atoms with van der Waals surface area (Å²) in [5, 5.41) is 11.9. The summed E-state index contributed by atoms with van der Waals surface area (Å²) < 4.78 is 0. The number of hydrogen-bond donors (Lipinski definition) is 3. The molecule has 1 aromatic carbocycles. The monoisotopic (exact) mass is 333 g/mol. The molecule has 0 aliphatic carbocycles. The van der Waals surface area contributed by atoms with Gasteiger partial charge in [-0.25, -0.2) is 4.79 Å². The summed E-state index contributed by atoms with van der Waals surface area (Å²) in [6.07, 6.45) is 1.41. The number of carbonyl (C=O) groups is 3. The van der Waals surface area contributed by atoms with Gasteiger partial charge in [0.25, 0.3) is 0 Å². The van der Waals surface area contributed by atoms with Crippen LogP contribution in [-0.2, 0) is 20.8 Å². The molecule has 1 aromatic rings. The van der Waals surface area contributed by atoms with Crippen LogP contribution in [0.5, 0.6) is 0 Å². The summed E-state index contributed by atoms with van der Waals surface area (Å²) in [5.41, 5.74) is 6.43. The molecule has 130 valence electrons. The molecule has 0 radical (unpaired) electrons. The molecule has 0 unspecified atom stereocenters. The van der Waals surface area contributed by atoms with Crippen LogP contribution >= 0.6 is 0 Å². The Hall–Kier alpha value is -2.41. The molecule has 1 aliphatic heterocycles. The Balaban J connectivity index is 2.04. The van der Waals surface area contributed by atoms with Crippen LogP contribution in [0.4, 0.5) is 0 Å². The molecule has 1 heterocycles. The van der Waals surface area contributed by atoms with E-state index in [1.54, 1.807) is 6.92 Å². The summed E-state index contributed by atoms with van der Waals surface area (Å²) >= 11 is 0. The molecule has 4 N–H and O–H groups in total. The minimum atomic E-state index is -1.10. The van der Waals surface area contributed by atoms with Crippen molar-refractivity contribution in [2.24, 2.45) is 5.73 Å². The Morgan fingerprint density at radius 3 is 2.58 bits per heavy atom. The standard InChI is InChI=1S/C17H23N3O4/c1-11(18)16(22)20-9-5-8-14(20)15(21)19-13(17(23)24)10-12-6-3-2-4-7-12/h2-4,6-7,11,13-14H,5,8-10,18H2,1H3,(H,19,21)(H,23,24)/t11-,13-,14-/m0/s1. The van der Waals surface area contributed by atoms with E-state index >= 15 is 0 Å². The topological polar surface area (TPSA) is 113 Å². The van der Waals surface area contributed by atoms with Gasteiger partial charge in [0.1, 0.15) is 12.1 Å². The number of carbonyl (C=O) groups excluding carboxylic acids is 2. The van der Waals surface area contributed by atoms with Crippen LogP contribution in [0, 0.1) is 0 Å². The molecular weight excluding hydrogens is 310 g/mol. The number of nitrogens with two attached hydrogens (primary N) is 1. The fourth-order valence-corrected chi connectivity index (χ4v) is 2.88. The fourth-order valence-electron chi connectivity index (χ4n) is 2.88. The van der Waals surface area contributed by atoms with E-state index in [9.17, 15) is 19.5 Å². The van der Waals surface area contributed by atoms with Crippen molar-refractivity contribution in [3.8, 4) is 0 Å². The summed E-state index contributed by atoms with van der Waals surface area (Å²) in [6, 6.07) is 6.72. The Labute approximate surface area is 140 Å². The second-order valence-corrected chi connectivity index (χ2v) is 6.07. The summed E-state index contributed by atoms with van der Waals surface area (Å²) in [7, 11) is 0. The second kappa shape index (κ2) is 7.92. The minimum absolute atomic E-state index is 0.190. The van der Waals surface area contributed by atoms with Gasteiger partial charge < -0.3 is 21.1 Å². The summed E-state index contributed by atoms with van der Waals surface area (Å²) in [5.74, 6) is -1.83. The number of aliphatic carboxylic acids is 1. The zero-order valence-electron chi connectivity index (χ0n) is 13.6. The molecule has 0 bridgehead atoms. The first-order valence-corrected chi connectivity index (χ1v) is 8.03. The lowest BCUT2D eigenvalue weighted by atomic mass is 10.1. The summed E-state index contributed by atoms with van der Waals surface area (Å²) in [6.45, 7) is 2.04. The number of likely N-dealkylation sites (tertiary alicyclic amines) is 1. The van der Waals surface area contributed by atoms with Crippen LogP contribution in [-0.4, -0.2) is 52.5 Å². The third-order valence-corrected chi connectivity index (χ3v) is 4.13. The summed E-state index contributed by atoms with van der Waals surface area (Å²) in [4.78, 5) is 37.5. The van der Waals surface area contributed by atoms with Gasteiger partial charge in [-0.1, -0.05) is 30.3 Å². The van der Waals surface area contributed by atoms with Gasteiger partial charge in [0.15, 0.2) is 0 Å². The fraction of sp³-hybridized carbons (Fsp3) is 0.471. The van der Waals surface area contributed by atoms with Gasteiger partial charge in [-0.05, 0) is 25.3 Å². The maximum atomic E-state index is 12.5. The number of carboxylic acids is 1. The molecule has 3 atom stereocenters. The predicted molar refractivity (Wildman–Crippen MR) is 88.1 cm³/mol. The van der Waals surface area contributed by atoms with E-state index in [0.717, 1.165) is 5.56 Å². The van der Waals surface area contributed by atoms with Crippen molar-refractivity contribution in [2.75, 3.05) is 6.54 Å². The molecule has 0 spiro atoms. The second-order valence-electron chi connectivity index (χ2n) is 6.07. The van der Waals surface area contributed by atoms with Crippen LogP contribution in [0.15, 0.2) is 30.3 Å².